The molecule has 3 rings (SSSR count). The molecule has 0 spiro atoms. The summed E-state index contributed by atoms with van der Waals surface area (Å²) in [5.74, 6) is 0.633. The molecule has 3 nitrogen and oxygen atoms in total. The summed E-state index contributed by atoms with van der Waals surface area (Å²) in [5.41, 5.74) is 1.21. The lowest BCUT2D eigenvalue weighted by molar-refractivity contribution is 0.127. The number of fused-ring (bicyclic) bond motifs is 2. The Morgan fingerprint density at radius 1 is 1.14 bits per heavy atom. The Kier molecular flexibility index (Phi) is 3.27. The Labute approximate surface area is 128 Å². The molecule has 2 aliphatic rings. The zero-order valence-electron chi connectivity index (χ0n) is 13.3. The van der Waals surface area contributed by atoms with Crippen LogP contribution in [0.5, 0.6) is 0 Å². The predicted molar refractivity (Wildman–Crippen MR) is 84.5 cm³/mol. The third-order valence-corrected chi connectivity index (χ3v) is 7.31. The zero-order chi connectivity index (χ0) is 15.5. The zero-order valence-corrected chi connectivity index (χ0v) is 14.1. The molecule has 116 valence electrons. The number of hydrogen-bond acceptors (Lipinski definition) is 2. The van der Waals surface area contributed by atoms with E-state index in [-0.39, 0.29) is 16.9 Å². The summed E-state index contributed by atoms with van der Waals surface area (Å²) in [4.78, 5) is 0.371. The molecule has 0 radical (unpaired) electrons. The van der Waals surface area contributed by atoms with Gasteiger partial charge in [-0.05, 0) is 55.1 Å². The van der Waals surface area contributed by atoms with Gasteiger partial charge in [0, 0.05) is 6.04 Å². The van der Waals surface area contributed by atoms with Gasteiger partial charge >= 0.3 is 0 Å². The Hall–Kier alpha value is -0.870. The van der Waals surface area contributed by atoms with Crippen molar-refractivity contribution in [2.45, 2.75) is 57.9 Å². The normalized spacial score (nSPS) is 34.3. The van der Waals surface area contributed by atoms with Crippen molar-refractivity contribution in [1.29, 1.82) is 0 Å². The van der Waals surface area contributed by atoms with Gasteiger partial charge in [0.15, 0.2) is 0 Å². The van der Waals surface area contributed by atoms with Gasteiger partial charge in [0.25, 0.3) is 0 Å². The van der Waals surface area contributed by atoms with Crippen LogP contribution in [0.25, 0.3) is 0 Å². The summed E-state index contributed by atoms with van der Waals surface area (Å²) in [6.07, 6.45) is 3.50. The third kappa shape index (κ3) is 2.33. The van der Waals surface area contributed by atoms with Crippen molar-refractivity contribution >= 4 is 10.0 Å². The van der Waals surface area contributed by atoms with E-state index in [9.17, 15) is 8.42 Å². The van der Waals surface area contributed by atoms with Crippen molar-refractivity contribution < 1.29 is 8.42 Å². The highest BCUT2D eigenvalue weighted by molar-refractivity contribution is 7.89. The summed E-state index contributed by atoms with van der Waals surface area (Å²) in [7, 11) is -3.44. The van der Waals surface area contributed by atoms with Crippen LogP contribution in [0.3, 0.4) is 0 Å². The van der Waals surface area contributed by atoms with Crippen LogP contribution in [0.2, 0.25) is 0 Å². The summed E-state index contributed by atoms with van der Waals surface area (Å²) < 4.78 is 28.4. The van der Waals surface area contributed by atoms with Gasteiger partial charge in [-0.2, -0.15) is 0 Å². The molecule has 21 heavy (non-hydrogen) atoms. The molecule has 2 bridgehead atoms. The molecule has 0 aromatic heterocycles. The highest BCUT2D eigenvalue weighted by Crippen LogP contribution is 2.62. The maximum atomic E-state index is 12.7. The lowest BCUT2D eigenvalue weighted by Gasteiger charge is -2.42. The van der Waals surface area contributed by atoms with Gasteiger partial charge in [-0.15, -0.1) is 0 Å². The van der Waals surface area contributed by atoms with Gasteiger partial charge in [0.1, 0.15) is 0 Å². The third-order valence-electron chi connectivity index (χ3n) is 5.87. The molecule has 1 aromatic carbocycles. The average Bonchev–Trinajstić information content (AvgIpc) is 2.87. The number of aryl methyl sites for hydroxylation is 1. The first-order valence-corrected chi connectivity index (χ1v) is 9.22. The highest BCUT2D eigenvalue weighted by atomic mass is 32.2. The van der Waals surface area contributed by atoms with Crippen molar-refractivity contribution in [2.24, 2.45) is 16.7 Å². The standard InChI is InChI=1S/C17H25NO2S/c1-12-5-7-14(8-6-12)21(19,20)18-15-16(2,3)13-9-10-17(15,4)11-13/h5-8,13,15,18H,9-11H2,1-4H3/t13-,15+,17-/m1/s1. The summed E-state index contributed by atoms with van der Waals surface area (Å²) in [6.45, 7) is 8.63. The van der Waals surface area contributed by atoms with Crippen LogP contribution in [-0.4, -0.2) is 14.5 Å². The fraction of sp³-hybridized carbons (Fsp3) is 0.647. The van der Waals surface area contributed by atoms with E-state index in [1.165, 1.54) is 6.42 Å². The average molecular weight is 307 g/mol. The molecule has 0 heterocycles. The second-order valence-electron chi connectivity index (χ2n) is 7.78. The van der Waals surface area contributed by atoms with Crippen molar-refractivity contribution in [1.82, 2.24) is 4.72 Å². The van der Waals surface area contributed by atoms with Gasteiger partial charge in [0.05, 0.1) is 4.90 Å². The van der Waals surface area contributed by atoms with E-state index in [0.29, 0.717) is 10.8 Å². The molecule has 0 amide bonds. The minimum absolute atomic E-state index is 0.0232. The number of benzene rings is 1. The molecular formula is C17H25NO2S. The van der Waals surface area contributed by atoms with Crippen LogP contribution < -0.4 is 4.72 Å². The van der Waals surface area contributed by atoms with Crippen LogP contribution in [0, 0.1) is 23.7 Å². The van der Waals surface area contributed by atoms with E-state index in [1.807, 2.05) is 19.1 Å². The van der Waals surface area contributed by atoms with Crippen molar-refractivity contribution in [3.63, 3.8) is 0 Å². The first-order chi connectivity index (χ1) is 9.65. The van der Waals surface area contributed by atoms with E-state index >= 15 is 0 Å². The number of sulfonamides is 1. The highest BCUT2D eigenvalue weighted by Gasteiger charge is 2.60. The second kappa shape index (κ2) is 4.56. The van der Waals surface area contributed by atoms with Gasteiger partial charge in [0.2, 0.25) is 10.0 Å². The van der Waals surface area contributed by atoms with Crippen molar-refractivity contribution in [2.75, 3.05) is 0 Å². The molecule has 2 aliphatic carbocycles. The van der Waals surface area contributed by atoms with Crippen LogP contribution >= 0.6 is 0 Å². The molecule has 3 atom stereocenters. The smallest absolute Gasteiger partial charge is 0.207 e. The Balaban J connectivity index is 1.91. The molecule has 1 N–H and O–H groups in total. The molecule has 4 heteroatoms. The molecule has 0 saturated heterocycles. The first-order valence-electron chi connectivity index (χ1n) is 7.74. The minimum Gasteiger partial charge on any atom is -0.207 e. The van der Waals surface area contributed by atoms with E-state index in [4.69, 9.17) is 0 Å². The van der Waals surface area contributed by atoms with Crippen LogP contribution in [-0.2, 0) is 10.0 Å². The van der Waals surface area contributed by atoms with Gasteiger partial charge in [-0.3, -0.25) is 0 Å². The quantitative estimate of drug-likeness (QED) is 0.929. The van der Waals surface area contributed by atoms with Crippen LogP contribution in [0.1, 0.15) is 45.6 Å². The van der Waals surface area contributed by atoms with Gasteiger partial charge in [-0.25, -0.2) is 13.1 Å². The molecular weight excluding hydrogens is 282 g/mol. The number of rotatable bonds is 3. The minimum atomic E-state index is -3.44. The number of nitrogens with one attached hydrogen (secondary N) is 1. The van der Waals surface area contributed by atoms with Crippen LogP contribution in [0.4, 0.5) is 0 Å². The SMILES string of the molecule is Cc1ccc(S(=O)(=O)N[C@H]2C(C)(C)[C@@H]3CC[C@]2(C)C3)cc1. The van der Waals surface area contributed by atoms with E-state index < -0.39 is 10.0 Å². The topological polar surface area (TPSA) is 46.2 Å². The van der Waals surface area contributed by atoms with Gasteiger partial charge < -0.3 is 0 Å². The summed E-state index contributed by atoms with van der Waals surface area (Å²) >= 11 is 0. The van der Waals surface area contributed by atoms with E-state index in [1.54, 1.807) is 12.1 Å². The Morgan fingerprint density at radius 2 is 1.76 bits per heavy atom. The fourth-order valence-corrected chi connectivity index (χ4v) is 6.07. The molecule has 1 aromatic rings. The maximum Gasteiger partial charge on any atom is 0.240 e. The lowest BCUT2D eigenvalue weighted by Crippen LogP contribution is -2.52. The Morgan fingerprint density at radius 3 is 2.29 bits per heavy atom. The first kappa shape index (κ1) is 15.0. The Bertz CT molecular complexity index is 643. The van der Waals surface area contributed by atoms with E-state index in [0.717, 1.165) is 18.4 Å². The van der Waals surface area contributed by atoms with E-state index in [2.05, 4.69) is 25.5 Å². The van der Waals surface area contributed by atoms with Crippen LogP contribution in [0.15, 0.2) is 29.2 Å². The van der Waals surface area contributed by atoms with Gasteiger partial charge in [-0.1, -0.05) is 38.5 Å². The summed E-state index contributed by atoms with van der Waals surface area (Å²) in [6, 6.07) is 7.11. The maximum absolute atomic E-state index is 12.7. The predicted octanol–water partition coefficient (Wildman–Crippen LogP) is 3.49. The van der Waals surface area contributed by atoms with Crippen molar-refractivity contribution in [3.8, 4) is 0 Å². The summed E-state index contributed by atoms with van der Waals surface area (Å²) in [5, 5.41) is 0. The molecule has 0 unspecified atom stereocenters. The molecule has 2 saturated carbocycles. The number of hydrogen-bond donors (Lipinski definition) is 1. The molecule has 0 aliphatic heterocycles. The largest absolute Gasteiger partial charge is 0.240 e. The second-order valence-corrected chi connectivity index (χ2v) is 9.50. The fourth-order valence-electron chi connectivity index (χ4n) is 4.54. The monoisotopic (exact) mass is 307 g/mol. The molecule has 2 fully saturated rings. The van der Waals surface area contributed by atoms with Crippen molar-refractivity contribution in [3.05, 3.63) is 29.8 Å². The lowest BCUT2D eigenvalue weighted by atomic mass is 9.69.